The van der Waals surface area contributed by atoms with Crippen LogP contribution >= 0.6 is 11.8 Å². The lowest BCUT2D eigenvalue weighted by atomic mass is 9.99. The number of hydrogen-bond acceptors (Lipinski definition) is 3. The smallest absolute Gasteiger partial charge is 0.321 e. The molecule has 0 spiro atoms. The van der Waals surface area contributed by atoms with Crippen LogP contribution in [0.1, 0.15) is 11.6 Å². The number of carboxylic acids is 1. The minimum Gasteiger partial charge on any atom is -0.480 e. The van der Waals surface area contributed by atoms with Crippen molar-refractivity contribution < 1.29 is 9.90 Å². The highest BCUT2D eigenvalue weighted by Gasteiger charge is 2.27. The molecule has 19 heavy (non-hydrogen) atoms. The van der Waals surface area contributed by atoms with Gasteiger partial charge in [0.1, 0.15) is 6.04 Å². The second-order valence-corrected chi connectivity index (χ2v) is 5.79. The Morgan fingerprint density at radius 1 is 1.16 bits per heavy atom. The Bertz CT molecular complexity index is 609. The van der Waals surface area contributed by atoms with Crippen LogP contribution < -0.4 is 5.32 Å². The Labute approximate surface area is 116 Å². The van der Waals surface area contributed by atoms with Gasteiger partial charge >= 0.3 is 5.97 Å². The zero-order valence-corrected chi connectivity index (χ0v) is 11.2. The van der Waals surface area contributed by atoms with Crippen molar-refractivity contribution in [3.8, 4) is 0 Å². The molecule has 0 bridgehead atoms. The maximum Gasteiger partial charge on any atom is 0.321 e. The van der Waals surface area contributed by atoms with Crippen LogP contribution in [0.2, 0.25) is 0 Å². The van der Waals surface area contributed by atoms with Gasteiger partial charge in [0.15, 0.2) is 0 Å². The van der Waals surface area contributed by atoms with Crippen LogP contribution in [0.5, 0.6) is 0 Å². The minimum atomic E-state index is -0.766. The van der Waals surface area contributed by atoms with Crippen LogP contribution in [0.4, 0.5) is 0 Å². The number of aliphatic carboxylic acids is 1. The van der Waals surface area contributed by atoms with Gasteiger partial charge in [-0.25, -0.2) is 0 Å². The molecule has 1 aliphatic heterocycles. The van der Waals surface area contributed by atoms with Gasteiger partial charge in [-0.05, 0) is 16.3 Å². The van der Waals surface area contributed by atoms with E-state index >= 15 is 0 Å². The van der Waals surface area contributed by atoms with E-state index < -0.39 is 12.0 Å². The molecule has 0 aliphatic carbocycles. The molecule has 0 amide bonds. The number of thioether (sulfide) groups is 1. The molecule has 3 rings (SSSR count). The van der Waals surface area contributed by atoms with Gasteiger partial charge in [0.05, 0.1) is 0 Å². The van der Waals surface area contributed by atoms with E-state index in [0.29, 0.717) is 5.75 Å². The fraction of sp³-hybridized carbons (Fsp3) is 0.267. The fourth-order valence-corrected chi connectivity index (χ4v) is 3.64. The number of benzene rings is 2. The second kappa shape index (κ2) is 5.23. The topological polar surface area (TPSA) is 49.3 Å². The third-order valence-electron chi connectivity index (χ3n) is 3.47. The molecule has 2 aromatic carbocycles. The molecule has 98 valence electrons. The van der Waals surface area contributed by atoms with Crippen molar-refractivity contribution in [2.24, 2.45) is 0 Å². The van der Waals surface area contributed by atoms with Crippen molar-refractivity contribution in [3.05, 3.63) is 48.0 Å². The summed E-state index contributed by atoms with van der Waals surface area (Å²) in [7, 11) is 0. The molecule has 0 aromatic heterocycles. The lowest BCUT2D eigenvalue weighted by Crippen LogP contribution is -2.45. The lowest BCUT2D eigenvalue weighted by molar-refractivity contribution is -0.139. The van der Waals surface area contributed by atoms with Gasteiger partial charge in [0, 0.05) is 17.5 Å². The quantitative estimate of drug-likeness (QED) is 0.883. The summed E-state index contributed by atoms with van der Waals surface area (Å²) in [5, 5.41) is 14.8. The Kier molecular flexibility index (Phi) is 3.44. The zero-order chi connectivity index (χ0) is 13.2. The molecule has 1 aliphatic rings. The monoisotopic (exact) mass is 273 g/mol. The molecule has 2 N–H and O–H groups in total. The Morgan fingerprint density at radius 2 is 1.95 bits per heavy atom. The first-order valence-corrected chi connectivity index (χ1v) is 7.45. The molecule has 1 saturated heterocycles. The Hall–Kier alpha value is -1.52. The van der Waals surface area contributed by atoms with Gasteiger partial charge in [0.2, 0.25) is 0 Å². The molecule has 3 nitrogen and oxygen atoms in total. The van der Waals surface area contributed by atoms with E-state index in [4.69, 9.17) is 5.11 Å². The van der Waals surface area contributed by atoms with Crippen molar-refractivity contribution in [1.29, 1.82) is 0 Å². The summed E-state index contributed by atoms with van der Waals surface area (Å²) < 4.78 is 0. The maximum absolute atomic E-state index is 11.1. The fourth-order valence-electron chi connectivity index (χ4n) is 2.52. The predicted octanol–water partition coefficient (Wildman–Crippen LogP) is 2.67. The maximum atomic E-state index is 11.1. The van der Waals surface area contributed by atoms with E-state index in [1.165, 1.54) is 16.3 Å². The van der Waals surface area contributed by atoms with Crippen molar-refractivity contribution in [1.82, 2.24) is 5.32 Å². The molecular formula is C15H15NO2S. The summed E-state index contributed by atoms with van der Waals surface area (Å²) >= 11 is 1.70. The number of hydrogen-bond donors (Lipinski definition) is 2. The molecule has 2 unspecified atom stereocenters. The summed E-state index contributed by atoms with van der Waals surface area (Å²) in [4.78, 5) is 11.1. The number of carbonyl (C=O) groups is 1. The lowest BCUT2D eigenvalue weighted by Gasteiger charge is -2.29. The normalized spacial score (nSPS) is 23.4. The number of nitrogens with one attached hydrogen (secondary N) is 1. The summed E-state index contributed by atoms with van der Waals surface area (Å²) in [6, 6.07) is 14.1. The summed E-state index contributed by atoms with van der Waals surface area (Å²) in [6.45, 7) is 0. The average molecular weight is 273 g/mol. The standard InChI is InChI=1S/C15H15NO2S/c17-15(18)14-9-19-8-13(16-14)12-7-3-5-10-4-1-2-6-11(10)12/h1-7,13-14,16H,8-9H2,(H,17,18). The van der Waals surface area contributed by atoms with Crippen LogP contribution in [0.25, 0.3) is 10.8 Å². The van der Waals surface area contributed by atoms with Gasteiger partial charge in [-0.2, -0.15) is 11.8 Å². The van der Waals surface area contributed by atoms with E-state index in [-0.39, 0.29) is 6.04 Å². The van der Waals surface area contributed by atoms with E-state index in [1.54, 1.807) is 11.8 Å². The molecule has 2 aromatic rings. The van der Waals surface area contributed by atoms with E-state index in [1.807, 2.05) is 18.2 Å². The number of fused-ring (bicyclic) bond motifs is 1. The number of carboxylic acid groups (broad SMARTS) is 1. The molecule has 1 heterocycles. The van der Waals surface area contributed by atoms with Gasteiger partial charge in [-0.3, -0.25) is 10.1 Å². The van der Waals surface area contributed by atoms with Gasteiger partial charge in [0.25, 0.3) is 0 Å². The van der Waals surface area contributed by atoms with Crippen molar-refractivity contribution in [3.63, 3.8) is 0 Å². The van der Waals surface area contributed by atoms with E-state index in [0.717, 1.165) is 5.75 Å². The average Bonchev–Trinajstić information content (AvgIpc) is 2.47. The largest absolute Gasteiger partial charge is 0.480 e. The third-order valence-corrected chi connectivity index (χ3v) is 4.61. The summed E-state index contributed by atoms with van der Waals surface area (Å²) in [5.74, 6) is 0.784. The zero-order valence-electron chi connectivity index (χ0n) is 10.4. The first kappa shape index (κ1) is 12.5. The van der Waals surface area contributed by atoms with Crippen molar-refractivity contribution >= 4 is 28.5 Å². The molecule has 4 heteroatoms. The first-order valence-electron chi connectivity index (χ1n) is 6.30. The van der Waals surface area contributed by atoms with E-state index in [2.05, 4.69) is 29.6 Å². The SMILES string of the molecule is O=C(O)C1CSCC(c2cccc3ccccc23)N1. The number of rotatable bonds is 2. The first-order chi connectivity index (χ1) is 9.25. The minimum absolute atomic E-state index is 0.103. The molecular weight excluding hydrogens is 258 g/mol. The summed E-state index contributed by atoms with van der Waals surface area (Å²) in [6.07, 6.45) is 0. The van der Waals surface area contributed by atoms with E-state index in [9.17, 15) is 4.79 Å². The molecule has 0 radical (unpaired) electrons. The Balaban J connectivity index is 1.97. The molecule has 2 atom stereocenters. The van der Waals surface area contributed by atoms with Crippen LogP contribution in [0.15, 0.2) is 42.5 Å². The highest BCUT2D eigenvalue weighted by atomic mass is 32.2. The highest BCUT2D eigenvalue weighted by molar-refractivity contribution is 7.99. The van der Waals surface area contributed by atoms with Crippen LogP contribution in [0, 0.1) is 0 Å². The molecule has 0 saturated carbocycles. The van der Waals surface area contributed by atoms with Gasteiger partial charge in [-0.1, -0.05) is 42.5 Å². The van der Waals surface area contributed by atoms with Gasteiger partial charge < -0.3 is 5.11 Å². The highest BCUT2D eigenvalue weighted by Crippen LogP contribution is 2.29. The molecule has 1 fully saturated rings. The van der Waals surface area contributed by atoms with Crippen LogP contribution in [0.3, 0.4) is 0 Å². The van der Waals surface area contributed by atoms with Crippen molar-refractivity contribution in [2.75, 3.05) is 11.5 Å². The third kappa shape index (κ3) is 2.46. The second-order valence-electron chi connectivity index (χ2n) is 4.72. The summed E-state index contributed by atoms with van der Waals surface area (Å²) in [5.41, 5.74) is 1.19. The Morgan fingerprint density at radius 3 is 2.79 bits per heavy atom. The van der Waals surface area contributed by atoms with Gasteiger partial charge in [-0.15, -0.1) is 0 Å². The predicted molar refractivity (Wildman–Crippen MR) is 78.6 cm³/mol. The van der Waals surface area contributed by atoms with Crippen LogP contribution in [-0.4, -0.2) is 28.6 Å². The van der Waals surface area contributed by atoms with Crippen molar-refractivity contribution in [2.45, 2.75) is 12.1 Å². The van der Waals surface area contributed by atoms with Crippen LogP contribution in [-0.2, 0) is 4.79 Å².